The normalized spacial score (nSPS) is 13.5. The van der Waals surface area contributed by atoms with Crippen LogP contribution in [-0.2, 0) is 3.74 Å². The van der Waals surface area contributed by atoms with Crippen LogP contribution in [0.25, 0.3) is 0 Å². The van der Waals surface area contributed by atoms with E-state index >= 15 is 0 Å². The molecule has 8 nitrogen and oxygen atoms in total. The minimum absolute atomic E-state index is 0.0222. The van der Waals surface area contributed by atoms with E-state index in [1.165, 1.54) is 12.1 Å². The van der Waals surface area contributed by atoms with Crippen LogP contribution in [0.2, 0.25) is 0 Å². The average Bonchev–Trinajstić information content (AvgIpc) is 2.33. The van der Waals surface area contributed by atoms with Gasteiger partial charge in [0.1, 0.15) is 0 Å². The maximum absolute atomic E-state index is 11.0. The number of nitrogens with one attached hydrogen (secondary N) is 1. The summed E-state index contributed by atoms with van der Waals surface area (Å²) in [7, 11) is 0. The fourth-order valence-electron chi connectivity index (χ4n) is 1.52. The van der Waals surface area contributed by atoms with Gasteiger partial charge < -0.3 is 0 Å². The monoisotopic (exact) mass is 351 g/mol. The van der Waals surface area contributed by atoms with Gasteiger partial charge in [-0.1, -0.05) is 0 Å². The van der Waals surface area contributed by atoms with Crippen LogP contribution < -0.4 is 9.67 Å². The van der Waals surface area contributed by atoms with Gasteiger partial charge in [0.25, 0.3) is 0 Å². The van der Waals surface area contributed by atoms with Crippen molar-refractivity contribution in [1.29, 1.82) is 0 Å². The summed E-state index contributed by atoms with van der Waals surface area (Å²) in [4.78, 5) is 0. The van der Waals surface area contributed by atoms with Crippen molar-refractivity contribution in [2.45, 2.75) is 25.2 Å². The summed E-state index contributed by atoms with van der Waals surface area (Å²) in [5, 5.41) is 39.2. The van der Waals surface area contributed by atoms with Crippen molar-refractivity contribution in [1.82, 2.24) is 0 Å². The second-order valence-electron chi connectivity index (χ2n) is 4.34. The Morgan fingerprint density at radius 3 is 2.30 bits per heavy atom. The molecule has 0 saturated carbocycles. The molecular formula is C11H18AsNO7. The molecule has 0 saturated heterocycles. The van der Waals surface area contributed by atoms with E-state index in [0.717, 1.165) is 6.07 Å². The number of anilines is 1. The zero-order valence-electron chi connectivity index (χ0n) is 10.5. The first kappa shape index (κ1) is 17.0. The summed E-state index contributed by atoms with van der Waals surface area (Å²) in [6.45, 7) is 0.0561. The molecule has 0 aliphatic rings. The fourth-order valence-corrected chi connectivity index (χ4v) is 2.70. The molecule has 0 amide bonds. The number of hydrogen-bond donors (Lipinski definition) is 7. The third-order valence-corrected chi connectivity index (χ3v) is 4.60. The fraction of sp³-hybridized carbons (Fsp3) is 0.455. The van der Waals surface area contributed by atoms with Crippen LogP contribution in [0.15, 0.2) is 18.2 Å². The number of phenolic OH excluding ortho intramolecular Hbond substituents is 1. The third-order valence-electron chi connectivity index (χ3n) is 2.60. The summed E-state index contributed by atoms with van der Waals surface area (Å²) in [5.41, 5.74) is 0.223. The zero-order valence-corrected chi connectivity index (χ0v) is 12.4. The first-order chi connectivity index (χ1) is 9.20. The molecule has 0 aliphatic heterocycles. The molecule has 0 spiro atoms. The number of benzene rings is 1. The Morgan fingerprint density at radius 2 is 1.80 bits per heavy atom. The van der Waals surface area contributed by atoms with Gasteiger partial charge in [-0.25, -0.2) is 0 Å². The molecule has 7 N–H and O–H groups in total. The summed E-state index contributed by atoms with van der Waals surface area (Å²) in [5.74, 6) is -0.332. The van der Waals surface area contributed by atoms with Crippen molar-refractivity contribution in [3.63, 3.8) is 0 Å². The predicted octanol–water partition coefficient (Wildman–Crippen LogP) is -2.18. The summed E-state index contributed by atoms with van der Waals surface area (Å²) in [6.07, 6.45) is -2.15. The number of aromatic hydroxyl groups is 1. The Kier molecular flexibility index (Phi) is 6.06. The quantitative estimate of drug-likeness (QED) is 0.166. The van der Waals surface area contributed by atoms with Gasteiger partial charge in [-0.3, -0.25) is 0 Å². The molecule has 0 fully saturated rings. The van der Waals surface area contributed by atoms with Crippen LogP contribution in [-0.4, -0.2) is 61.7 Å². The van der Waals surface area contributed by atoms with Crippen LogP contribution in [0.4, 0.5) is 5.69 Å². The topological polar surface area (TPSA) is 150 Å². The molecule has 0 aromatic heterocycles. The third kappa shape index (κ3) is 5.54. The molecule has 0 aliphatic carbocycles. The van der Waals surface area contributed by atoms with Crippen molar-refractivity contribution in [3.8, 4) is 5.75 Å². The van der Waals surface area contributed by atoms with E-state index in [0.29, 0.717) is 0 Å². The van der Waals surface area contributed by atoms with Gasteiger partial charge in [0.15, 0.2) is 0 Å². The molecule has 1 rings (SSSR count). The van der Waals surface area contributed by atoms with Gasteiger partial charge in [0.05, 0.1) is 0 Å². The van der Waals surface area contributed by atoms with E-state index < -0.39 is 26.6 Å². The Hall–Kier alpha value is -1.02. The summed E-state index contributed by atoms with van der Waals surface area (Å²) in [6, 6.07) is 3.48. The average molecular weight is 351 g/mol. The first-order valence-electron chi connectivity index (χ1n) is 5.87. The molecule has 0 bridgehead atoms. The van der Waals surface area contributed by atoms with Crippen LogP contribution in [0, 0.1) is 0 Å². The number of phenols is 1. The molecule has 114 valence electrons. The zero-order chi connectivity index (χ0) is 15.3. The van der Waals surface area contributed by atoms with Crippen LogP contribution >= 0.6 is 0 Å². The van der Waals surface area contributed by atoms with Gasteiger partial charge in [0.2, 0.25) is 0 Å². The molecule has 0 radical (unpaired) electrons. The summed E-state index contributed by atoms with van der Waals surface area (Å²) < 4.78 is 28.8. The second-order valence-corrected chi connectivity index (χ2v) is 7.70. The van der Waals surface area contributed by atoms with Gasteiger partial charge in [-0.2, -0.15) is 0 Å². The molecular weight excluding hydrogens is 333 g/mol. The van der Waals surface area contributed by atoms with Crippen LogP contribution in [0.3, 0.4) is 0 Å². The molecule has 20 heavy (non-hydrogen) atoms. The van der Waals surface area contributed by atoms with E-state index in [2.05, 4.69) is 5.32 Å². The Bertz CT molecular complexity index is 488. The standard InChI is InChI=1S/C11H18AsNO7/c14-8(2-4-11(16)17)6-13-9-3-1-7(5-10(9)15)12(18,19)20/h1,3,5,8,11,13-17H,2,4,6H2,(H2,18,19,20). The molecule has 1 atom stereocenters. The van der Waals surface area contributed by atoms with Crippen molar-refractivity contribution < 1.29 is 32.4 Å². The van der Waals surface area contributed by atoms with Crippen molar-refractivity contribution in [2.75, 3.05) is 11.9 Å². The molecule has 1 aromatic carbocycles. The number of aliphatic hydroxyl groups is 3. The number of aliphatic hydroxyl groups excluding tert-OH is 2. The molecule has 9 heteroatoms. The minimum atomic E-state index is -5.04. The van der Waals surface area contributed by atoms with Crippen molar-refractivity contribution in [3.05, 3.63) is 18.2 Å². The Labute approximate surface area is 118 Å². The second kappa shape index (κ2) is 7.12. The Balaban J connectivity index is 2.59. The SMILES string of the molecule is O=[As](O)(O)c1ccc(NCC(O)CCC(O)O)c(O)c1. The van der Waals surface area contributed by atoms with Gasteiger partial charge in [0, 0.05) is 0 Å². The molecule has 0 heterocycles. The van der Waals surface area contributed by atoms with E-state index in [9.17, 15) is 14.0 Å². The van der Waals surface area contributed by atoms with Gasteiger partial charge >= 0.3 is 118 Å². The number of hydrogen-bond acceptors (Lipinski definition) is 6. The van der Waals surface area contributed by atoms with E-state index in [4.69, 9.17) is 18.4 Å². The Morgan fingerprint density at radius 1 is 1.15 bits per heavy atom. The van der Waals surface area contributed by atoms with E-state index in [-0.39, 0.29) is 35.2 Å². The van der Waals surface area contributed by atoms with Gasteiger partial charge in [-0.05, 0) is 0 Å². The first-order valence-corrected chi connectivity index (χ1v) is 9.25. The van der Waals surface area contributed by atoms with E-state index in [1.807, 2.05) is 0 Å². The van der Waals surface area contributed by atoms with Crippen LogP contribution in [0.1, 0.15) is 12.8 Å². The van der Waals surface area contributed by atoms with Gasteiger partial charge in [-0.15, -0.1) is 0 Å². The van der Waals surface area contributed by atoms with Crippen molar-refractivity contribution in [2.24, 2.45) is 0 Å². The predicted molar refractivity (Wildman–Crippen MR) is 70.6 cm³/mol. The van der Waals surface area contributed by atoms with Crippen molar-refractivity contribution >= 4 is 24.2 Å². The molecule has 1 aromatic rings. The number of rotatable bonds is 7. The van der Waals surface area contributed by atoms with Crippen LogP contribution in [0.5, 0.6) is 5.75 Å². The maximum atomic E-state index is 11.0. The summed E-state index contributed by atoms with van der Waals surface area (Å²) >= 11 is -5.04. The molecule has 1 unspecified atom stereocenters. The van der Waals surface area contributed by atoms with E-state index in [1.54, 1.807) is 0 Å².